The van der Waals surface area contributed by atoms with Crippen molar-refractivity contribution in [3.05, 3.63) is 83.3 Å². The van der Waals surface area contributed by atoms with E-state index in [1.54, 1.807) is 6.20 Å². The average molecular weight is 394 g/mol. The molecule has 28 heavy (non-hydrogen) atoms. The van der Waals surface area contributed by atoms with Crippen molar-refractivity contribution in [1.29, 1.82) is 0 Å². The van der Waals surface area contributed by atoms with Crippen LogP contribution in [-0.2, 0) is 6.54 Å². The van der Waals surface area contributed by atoms with E-state index in [2.05, 4.69) is 54.9 Å². The predicted octanol–water partition coefficient (Wildman–Crippen LogP) is 6.64. The highest BCUT2D eigenvalue weighted by atomic mass is 35.5. The van der Waals surface area contributed by atoms with Crippen LogP contribution in [0.15, 0.2) is 82.7 Å². The van der Waals surface area contributed by atoms with Gasteiger partial charge in [0.2, 0.25) is 5.89 Å². The molecule has 0 amide bonds. The monoisotopic (exact) mass is 393 g/mol. The summed E-state index contributed by atoms with van der Waals surface area (Å²) < 4.78 is 8.11. The molecule has 0 unspecified atom stereocenters. The molecule has 1 aromatic carbocycles. The maximum absolute atomic E-state index is 5.96. The lowest BCUT2D eigenvalue weighted by atomic mass is 10.1. The van der Waals surface area contributed by atoms with E-state index in [1.807, 2.05) is 36.4 Å². The number of oxazole rings is 1. The predicted molar refractivity (Wildman–Crippen MR) is 115 cm³/mol. The van der Waals surface area contributed by atoms with E-state index in [0.717, 1.165) is 36.3 Å². The van der Waals surface area contributed by atoms with Crippen molar-refractivity contribution in [2.45, 2.75) is 40.2 Å². The summed E-state index contributed by atoms with van der Waals surface area (Å²) in [5, 5.41) is 0.705. The molecule has 0 fully saturated rings. The number of hydrogen-bond acceptors (Lipinski definition) is 2. The van der Waals surface area contributed by atoms with Gasteiger partial charge in [-0.25, -0.2) is 9.55 Å². The van der Waals surface area contributed by atoms with Gasteiger partial charge in [-0.2, -0.15) is 0 Å². The van der Waals surface area contributed by atoms with Gasteiger partial charge in [0.25, 0.3) is 0 Å². The van der Waals surface area contributed by atoms with Crippen molar-refractivity contribution in [1.82, 2.24) is 4.98 Å². The summed E-state index contributed by atoms with van der Waals surface area (Å²) >= 11 is 5.95. The Morgan fingerprint density at radius 3 is 2.61 bits per heavy atom. The van der Waals surface area contributed by atoms with Crippen molar-refractivity contribution in [2.75, 3.05) is 0 Å². The normalized spacial score (nSPS) is 11.5. The molecule has 3 rings (SSSR count). The Labute approximate surface area is 172 Å². The van der Waals surface area contributed by atoms with Gasteiger partial charge in [0.1, 0.15) is 5.56 Å². The quantitative estimate of drug-likeness (QED) is 0.332. The van der Waals surface area contributed by atoms with E-state index in [4.69, 9.17) is 16.0 Å². The number of pyridine rings is 1. The van der Waals surface area contributed by atoms with Crippen LogP contribution in [0, 0.1) is 0 Å². The van der Waals surface area contributed by atoms with E-state index in [9.17, 15) is 0 Å². The molecule has 3 nitrogen and oxygen atoms in total. The van der Waals surface area contributed by atoms with Gasteiger partial charge in [0.15, 0.2) is 24.7 Å². The maximum Gasteiger partial charge on any atom is 0.232 e. The first-order valence-corrected chi connectivity index (χ1v) is 9.89. The first-order valence-electron chi connectivity index (χ1n) is 9.51. The topological polar surface area (TPSA) is 29.9 Å². The SMILES string of the molecule is CC(C)=CCC/C(C)=C\C[n+]1cccc(-c2ncc(-c3ccc(Cl)cc3)o2)c1. The summed E-state index contributed by atoms with van der Waals surface area (Å²) in [6.07, 6.45) is 12.6. The summed E-state index contributed by atoms with van der Waals surface area (Å²) in [4.78, 5) is 4.44. The Balaban J connectivity index is 1.70. The molecule has 144 valence electrons. The number of allylic oxidation sites excluding steroid dienone is 4. The first-order chi connectivity index (χ1) is 13.5. The van der Waals surface area contributed by atoms with Crippen LogP contribution in [0.4, 0.5) is 0 Å². The van der Waals surface area contributed by atoms with Gasteiger partial charge in [-0.1, -0.05) is 28.8 Å². The van der Waals surface area contributed by atoms with Gasteiger partial charge in [0, 0.05) is 16.7 Å². The second kappa shape index (κ2) is 9.52. The number of halogens is 1. The molecule has 0 spiro atoms. The van der Waals surface area contributed by atoms with Crippen LogP contribution in [0.3, 0.4) is 0 Å². The molecule has 0 radical (unpaired) electrons. The van der Waals surface area contributed by atoms with Crippen LogP contribution < -0.4 is 4.57 Å². The Kier molecular flexibility index (Phi) is 6.83. The molecule has 0 N–H and O–H groups in total. The zero-order valence-electron chi connectivity index (χ0n) is 16.7. The van der Waals surface area contributed by atoms with Crippen LogP contribution in [0.25, 0.3) is 22.8 Å². The third-order valence-electron chi connectivity index (χ3n) is 4.48. The molecule has 3 aromatic rings. The second-order valence-electron chi connectivity index (χ2n) is 7.20. The van der Waals surface area contributed by atoms with Crippen molar-refractivity contribution < 1.29 is 8.98 Å². The molecular weight excluding hydrogens is 368 g/mol. The Hall–Kier alpha value is -2.65. The van der Waals surface area contributed by atoms with Crippen molar-refractivity contribution in [2.24, 2.45) is 0 Å². The number of nitrogens with zero attached hydrogens (tertiary/aromatic N) is 2. The third-order valence-corrected chi connectivity index (χ3v) is 4.73. The summed E-state index contributed by atoms with van der Waals surface area (Å²) in [5.74, 6) is 1.35. The van der Waals surface area contributed by atoms with Crippen molar-refractivity contribution in [3.8, 4) is 22.8 Å². The molecule has 0 aliphatic heterocycles. The smallest absolute Gasteiger partial charge is 0.232 e. The highest BCUT2D eigenvalue weighted by Gasteiger charge is 2.11. The molecule has 0 saturated heterocycles. The van der Waals surface area contributed by atoms with Gasteiger partial charge in [-0.3, -0.25) is 0 Å². The molecule has 2 aromatic heterocycles. The Bertz CT molecular complexity index is 980. The molecule has 2 heterocycles. The molecule has 0 saturated carbocycles. The van der Waals surface area contributed by atoms with E-state index in [0.29, 0.717) is 10.9 Å². The Morgan fingerprint density at radius 1 is 1.07 bits per heavy atom. The molecule has 0 aliphatic carbocycles. The minimum Gasteiger partial charge on any atom is -0.436 e. The summed E-state index contributed by atoms with van der Waals surface area (Å²) in [6, 6.07) is 11.6. The minimum atomic E-state index is 0.614. The van der Waals surface area contributed by atoms with E-state index < -0.39 is 0 Å². The highest BCUT2D eigenvalue weighted by Crippen LogP contribution is 2.26. The fourth-order valence-electron chi connectivity index (χ4n) is 2.87. The minimum absolute atomic E-state index is 0.614. The van der Waals surface area contributed by atoms with Crippen LogP contribution in [0.5, 0.6) is 0 Å². The van der Waals surface area contributed by atoms with Gasteiger partial charge >= 0.3 is 0 Å². The molecule has 0 atom stereocenters. The van der Waals surface area contributed by atoms with Gasteiger partial charge in [-0.05, 0) is 70.0 Å². The first kappa shape index (κ1) is 20.1. The van der Waals surface area contributed by atoms with Crippen molar-refractivity contribution in [3.63, 3.8) is 0 Å². The fourth-order valence-corrected chi connectivity index (χ4v) is 3.00. The second-order valence-corrected chi connectivity index (χ2v) is 7.63. The lowest BCUT2D eigenvalue weighted by molar-refractivity contribution is -0.686. The lowest BCUT2D eigenvalue weighted by Crippen LogP contribution is -2.31. The maximum atomic E-state index is 5.96. The highest BCUT2D eigenvalue weighted by molar-refractivity contribution is 6.30. The largest absolute Gasteiger partial charge is 0.436 e. The standard InChI is InChI=1S/C24H26ClN2O/c1-18(2)6-4-7-19(3)13-15-27-14-5-8-21(17-27)24-26-16-23(28-24)20-9-11-22(25)12-10-20/h5-6,8-14,16-17H,4,7,15H2,1-3H3/q+1/b19-13-. The summed E-state index contributed by atoms with van der Waals surface area (Å²) in [5.41, 5.74) is 4.69. The fraction of sp³-hybridized carbons (Fsp3) is 0.250. The van der Waals surface area contributed by atoms with Crippen LogP contribution in [0.2, 0.25) is 5.02 Å². The summed E-state index contributed by atoms with van der Waals surface area (Å²) in [7, 11) is 0. The summed E-state index contributed by atoms with van der Waals surface area (Å²) in [6.45, 7) is 7.30. The van der Waals surface area contributed by atoms with E-state index in [-0.39, 0.29) is 0 Å². The van der Waals surface area contributed by atoms with Crippen LogP contribution in [-0.4, -0.2) is 4.98 Å². The number of hydrogen-bond donors (Lipinski definition) is 0. The van der Waals surface area contributed by atoms with Crippen molar-refractivity contribution >= 4 is 11.6 Å². The zero-order chi connectivity index (χ0) is 19.9. The number of benzene rings is 1. The van der Waals surface area contributed by atoms with Crippen LogP contribution in [0.1, 0.15) is 33.6 Å². The Morgan fingerprint density at radius 2 is 1.86 bits per heavy atom. The molecule has 0 aliphatic rings. The van der Waals surface area contributed by atoms with Crippen LogP contribution >= 0.6 is 11.6 Å². The van der Waals surface area contributed by atoms with Gasteiger partial charge < -0.3 is 4.42 Å². The van der Waals surface area contributed by atoms with Gasteiger partial charge in [0.05, 0.1) is 6.20 Å². The number of aromatic nitrogens is 2. The zero-order valence-corrected chi connectivity index (χ0v) is 17.4. The third kappa shape index (κ3) is 5.67. The molecule has 0 bridgehead atoms. The molecule has 4 heteroatoms. The molecular formula is C24H26ClN2O+. The van der Waals surface area contributed by atoms with E-state index >= 15 is 0 Å². The van der Waals surface area contributed by atoms with E-state index in [1.165, 1.54) is 11.1 Å². The number of rotatable bonds is 7. The van der Waals surface area contributed by atoms with Gasteiger partial charge in [-0.15, -0.1) is 0 Å². The average Bonchev–Trinajstić information content (AvgIpc) is 3.17. The lowest BCUT2D eigenvalue weighted by Gasteiger charge is -2.00.